The summed E-state index contributed by atoms with van der Waals surface area (Å²) in [5.74, 6) is -1.29. The molecule has 2 atom stereocenters. The van der Waals surface area contributed by atoms with Crippen LogP contribution in [0.15, 0.2) is 0 Å². The molecule has 9 heteroatoms. The van der Waals surface area contributed by atoms with E-state index in [1.165, 1.54) is 154 Å². The van der Waals surface area contributed by atoms with Crippen LogP contribution in [0.3, 0.4) is 0 Å². The first-order valence-corrected chi connectivity index (χ1v) is 27.1. The zero-order chi connectivity index (χ0) is 46.1. The Balaban J connectivity index is 5.16. The summed E-state index contributed by atoms with van der Waals surface area (Å²) in [6.45, 7) is 8.64. The SMILES string of the molecule is CCCCCCCCCCCC(=O)OCC(COCC(COC(=O)CCCCCCCCCCC)OC(=O)CCCCCCCCCCC)OC(=O)CCCCCCCCCCC. The lowest BCUT2D eigenvalue weighted by Crippen LogP contribution is -2.34. The summed E-state index contributed by atoms with van der Waals surface area (Å²) < 4.78 is 28.8. The van der Waals surface area contributed by atoms with Crippen LogP contribution in [-0.2, 0) is 42.9 Å². The van der Waals surface area contributed by atoms with Crippen molar-refractivity contribution in [3.63, 3.8) is 0 Å². The molecule has 0 aromatic carbocycles. The molecule has 0 rings (SSSR count). The van der Waals surface area contributed by atoms with E-state index in [4.69, 9.17) is 23.7 Å². The lowest BCUT2D eigenvalue weighted by molar-refractivity contribution is -0.169. The summed E-state index contributed by atoms with van der Waals surface area (Å²) in [7, 11) is 0. The van der Waals surface area contributed by atoms with Crippen molar-refractivity contribution >= 4 is 23.9 Å². The fourth-order valence-electron chi connectivity index (χ4n) is 7.89. The number of unbranched alkanes of at least 4 members (excludes halogenated alkanes) is 32. The Labute approximate surface area is 388 Å². The largest absolute Gasteiger partial charge is 0.462 e. The molecule has 0 N–H and O–H groups in total. The number of esters is 4. The van der Waals surface area contributed by atoms with Crippen molar-refractivity contribution < 1.29 is 42.9 Å². The molecule has 0 fully saturated rings. The third-order valence-electron chi connectivity index (χ3n) is 12.0. The lowest BCUT2D eigenvalue weighted by atomic mass is 10.1. The average molecular weight is 895 g/mol. The number of carbonyl (C=O) groups is 4. The van der Waals surface area contributed by atoms with Crippen LogP contribution < -0.4 is 0 Å². The van der Waals surface area contributed by atoms with Crippen molar-refractivity contribution in [2.75, 3.05) is 26.4 Å². The molecular weight excluding hydrogens is 793 g/mol. The van der Waals surface area contributed by atoms with E-state index in [2.05, 4.69) is 27.7 Å². The van der Waals surface area contributed by atoms with E-state index >= 15 is 0 Å². The van der Waals surface area contributed by atoms with Crippen molar-refractivity contribution in [2.24, 2.45) is 0 Å². The zero-order valence-electron chi connectivity index (χ0n) is 41.9. The van der Waals surface area contributed by atoms with E-state index in [1.54, 1.807) is 0 Å². The van der Waals surface area contributed by atoms with Crippen molar-refractivity contribution in [3.8, 4) is 0 Å². The first-order chi connectivity index (χ1) is 30.9. The van der Waals surface area contributed by atoms with E-state index < -0.39 is 12.2 Å². The molecule has 0 aromatic heterocycles. The van der Waals surface area contributed by atoms with E-state index in [-0.39, 0.29) is 50.3 Å². The van der Waals surface area contributed by atoms with Crippen LogP contribution in [0.5, 0.6) is 0 Å². The molecule has 372 valence electrons. The molecule has 0 radical (unpaired) electrons. The highest BCUT2D eigenvalue weighted by atomic mass is 16.6. The van der Waals surface area contributed by atoms with Crippen molar-refractivity contribution in [2.45, 2.75) is 297 Å². The number of hydrogen-bond acceptors (Lipinski definition) is 9. The molecule has 0 heterocycles. The molecule has 2 unspecified atom stereocenters. The van der Waals surface area contributed by atoms with Gasteiger partial charge in [0, 0.05) is 25.7 Å². The van der Waals surface area contributed by atoms with Crippen LogP contribution in [0.2, 0.25) is 0 Å². The predicted octanol–water partition coefficient (Wildman–Crippen LogP) is 15.6. The molecule has 63 heavy (non-hydrogen) atoms. The van der Waals surface area contributed by atoms with Gasteiger partial charge in [0.2, 0.25) is 0 Å². The average Bonchev–Trinajstić information content (AvgIpc) is 3.27. The second-order valence-electron chi connectivity index (χ2n) is 18.4. The van der Waals surface area contributed by atoms with Crippen LogP contribution in [0.25, 0.3) is 0 Å². The van der Waals surface area contributed by atoms with Crippen LogP contribution in [0, 0.1) is 0 Å². The van der Waals surface area contributed by atoms with Crippen molar-refractivity contribution in [1.29, 1.82) is 0 Å². The molecule has 9 nitrogen and oxygen atoms in total. The minimum absolute atomic E-state index is 0.0342. The normalized spacial score (nSPS) is 12.3. The first-order valence-electron chi connectivity index (χ1n) is 27.1. The Kier molecular flexibility index (Phi) is 47.6. The summed E-state index contributed by atoms with van der Waals surface area (Å²) in [5, 5.41) is 0. The highest BCUT2D eigenvalue weighted by Crippen LogP contribution is 2.16. The number of hydrogen-bond donors (Lipinski definition) is 0. The van der Waals surface area contributed by atoms with Gasteiger partial charge in [0.1, 0.15) is 13.2 Å². The maximum absolute atomic E-state index is 13.0. The Bertz CT molecular complexity index is 939. The summed E-state index contributed by atoms with van der Waals surface area (Å²) in [6, 6.07) is 0. The van der Waals surface area contributed by atoms with Gasteiger partial charge in [-0.25, -0.2) is 0 Å². The van der Waals surface area contributed by atoms with Crippen molar-refractivity contribution in [1.82, 2.24) is 0 Å². The molecule has 0 saturated heterocycles. The maximum atomic E-state index is 13.0. The first kappa shape index (κ1) is 60.8. The van der Waals surface area contributed by atoms with Gasteiger partial charge in [0.25, 0.3) is 0 Å². The molecular formula is C54H102O9. The van der Waals surface area contributed by atoms with Gasteiger partial charge < -0.3 is 23.7 Å². The standard InChI is InChI=1S/C54H102O9/c1-5-9-13-17-21-25-29-33-37-41-51(55)60-47-49(62-53(57)43-39-35-31-27-23-19-15-11-7-3)45-59-46-50(63-54(58)44-40-36-32-28-24-20-16-12-8-4)48-61-52(56)42-38-34-30-26-22-18-14-10-6-2/h49-50H,5-48H2,1-4H3. The molecule has 0 aromatic rings. The van der Waals surface area contributed by atoms with E-state index in [9.17, 15) is 19.2 Å². The molecule has 0 amide bonds. The van der Waals surface area contributed by atoms with Gasteiger partial charge in [-0.2, -0.15) is 0 Å². The fraction of sp³-hybridized carbons (Fsp3) is 0.926. The second-order valence-corrected chi connectivity index (χ2v) is 18.4. The van der Waals surface area contributed by atoms with E-state index in [0.29, 0.717) is 25.7 Å². The summed E-state index contributed by atoms with van der Waals surface area (Å²) in [4.78, 5) is 51.3. The second kappa shape index (κ2) is 49.3. The Morgan fingerprint density at radius 3 is 0.714 bits per heavy atom. The Morgan fingerprint density at radius 2 is 0.476 bits per heavy atom. The third kappa shape index (κ3) is 46.2. The number of rotatable bonds is 50. The fourth-order valence-corrected chi connectivity index (χ4v) is 7.89. The molecule has 0 aliphatic heterocycles. The highest BCUT2D eigenvalue weighted by Gasteiger charge is 2.22. The van der Waals surface area contributed by atoms with Crippen LogP contribution >= 0.6 is 0 Å². The lowest BCUT2D eigenvalue weighted by Gasteiger charge is -2.21. The highest BCUT2D eigenvalue weighted by molar-refractivity contribution is 5.71. The van der Waals surface area contributed by atoms with Crippen LogP contribution in [-0.4, -0.2) is 62.5 Å². The Hall–Kier alpha value is -2.16. The van der Waals surface area contributed by atoms with Gasteiger partial charge in [-0.1, -0.05) is 233 Å². The quantitative estimate of drug-likeness (QED) is 0.0334. The predicted molar refractivity (Wildman–Crippen MR) is 260 cm³/mol. The molecule has 0 bridgehead atoms. The summed E-state index contributed by atoms with van der Waals surface area (Å²) in [6.07, 6.45) is 41.3. The monoisotopic (exact) mass is 895 g/mol. The summed E-state index contributed by atoms with van der Waals surface area (Å²) >= 11 is 0. The molecule has 0 aliphatic carbocycles. The van der Waals surface area contributed by atoms with Gasteiger partial charge in [0.15, 0.2) is 12.2 Å². The van der Waals surface area contributed by atoms with Gasteiger partial charge in [-0.05, 0) is 25.7 Å². The maximum Gasteiger partial charge on any atom is 0.306 e. The van der Waals surface area contributed by atoms with E-state index in [0.717, 1.165) is 77.0 Å². The van der Waals surface area contributed by atoms with Gasteiger partial charge in [-0.15, -0.1) is 0 Å². The Morgan fingerprint density at radius 1 is 0.270 bits per heavy atom. The number of ether oxygens (including phenoxy) is 5. The van der Waals surface area contributed by atoms with Gasteiger partial charge in [-0.3, -0.25) is 19.2 Å². The zero-order valence-corrected chi connectivity index (χ0v) is 41.9. The minimum atomic E-state index is -0.796. The van der Waals surface area contributed by atoms with Crippen LogP contribution in [0.1, 0.15) is 285 Å². The molecule has 0 aliphatic rings. The molecule has 0 saturated carbocycles. The van der Waals surface area contributed by atoms with Crippen molar-refractivity contribution in [3.05, 3.63) is 0 Å². The summed E-state index contributed by atoms with van der Waals surface area (Å²) in [5.41, 5.74) is 0. The minimum Gasteiger partial charge on any atom is -0.462 e. The van der Waals surface area contributed by atoms with Gasteiger partial charge >= 0.3 is 23.9 Å². The topological polar surface area (TPSA) is 114 Å². The van der Waals surface area contributed by atoms with Crippen LogP contribution in [0.4, 0.5) is 0 Å². The van der Waals surface area contributed by atoms with E-state index in [1.807, 2.05) is 0 Å². The number of carbonyl (C=O) groups excluding carboxylic acids is 4. The van der Waals surface area contributed by atoms with Gasteiger partial charge in [0.05, 0.1) is 13.2 Å². The molecule has 0 spiro atoms. The third-order valence-corrected chi connectivity index (χ3v) is 12.0. The smallest absolute Gasteiger partial charge is 0.306 e.